The van der Waals surface area contributed by atoms with Crippen LogP contribution in [0.3, 0.4) is 0 Å². The van der Waals surface area contributed by atoms with Gasteiger partial charge in [-0.05, 0) is 6.07 Å². The third-order valence-electron chi connectivity index (χ3n) is 3.25. The Morgan fingerprint density at radius 3 is 2.75 bits per heavy atom. The van der Waals surface area contributed by atoms with Crippen molar-refractivity contribution in [1.82, 2.24) is 20.1 Å². The highest BCUT2D eigenvalue weighted by atomic mass is 16.3. The van der Waals surface area contributed by atoms with Crippen LogP contribution in [-0.4, -0.2) is 20.8 Å². The van der Waals surface area contributed by atoms with Gasteiger partial charge in [-0.25, -0.2) is 9.67 Å². The normalized spacial score (nSPS) is 11.4. The first-order valence-corrected chi connectivity index (χ1v) is 7.35. The Bertz CT molecular complexity index is 542. The van der Waals surface area contributed by atoms with E-state index in [1.165, 1.54) is 5.56 Å². The highest BCUT2D eigenvalue weighted by Gasteiger charge is 2.12. The van der Waals surface area contributed by atoms with Crippen LogP contribution in [-0.2, 0) is 25.9 Å². The van der Waals surface area contributed by atoms with Crippen LogP contribution in [0.1, 0.15) is 50.7 Å². The molecule has 0 atom stereocenters. The highest BCUT2D eigenvalue weighted by molar-refractivity contribution is 5.17. The van der Waals surface area contributed by atoms with Crippen LogP contribution in [0.5, 0.6) is 0 Å². The average molecular weight is 276 g/mol. The lowest BCUT2D eigenvalue weighted by Gasteiger charge is -2.08. The number of nitrogens with one attached hydrogen (secondary N) is 1. The summed E-state index contributed by atoms with van der Waals surface area (Å²) in [5.74, 6) is 2.92. The third kappa shape index (κ3) is 3.48. The quantitative estimate of drug-likeness (QED) is 0.844. The molecular weight excluding hydrogens is 252 g/mol. The molecule has 2 aromatic rings. The maximum Gasteiger partial charge on any atom is 0.150 e. The van der Waals surface area contributed by atoms with E-state index < -0.39 is 0 Å². The van der Waals surface area contributed by atoms with Crippen molar-refractivity contribution in [3.63, 3.8) is 0 Å². The molecule has 2 rings (SSSR count). The van der Waals surface area contributed by atoms with Gasteiger partial charge < -0.3 is 9.73 Å². The molecule has 0 saturated heterocycles. The molecule has 5 heteroatoms. The maximum absolute atomic E-state index is 5.57. The number of furan rings is 1. The molecule has 0 spiro atoms. The molecule has 0 unspecified atom stereocenters. The molecule has 0 saturated carbocycles. The summed E-state index contributed by atoms with van der Waals surface area (Å²) in [7, 11) is 0. The SMILES string of the molecule is CCc1nc(CC)n(Cc2ccoc2CNC(C)C)n1. The van der Waals surface area contributed by atoms with Gasteiger partial charge in [0.15, 0.2) is 5.82 Å². The van der Waals surface area contributed by atoms with Crippen LogP contribution in [0.4, 0.5) is 0 Å². The van der Waals surface area contributed by atoms with Crippen LogP contribution < -0.4 is 5.32 Å². The number of hydrogen-bond acceptors (Lipinski definition) is 4. The fourth-order valence-corrected chi connectivity index (χ4v) is 2.09. The Morgan fingerprint density at radius 1 is 1.30 bits per heavy atom. The van der Waals surface area contributed by atoms with E-state index in [1.54, 1.807) is 6.26 Å². The number of aryl methyl sites for hydroxylation is 2. The van der Waals surface area contributed by atoms with Gasteiger partial charge in [0, 0.05) is 24.4 Å². The summed E-state index contributed by atoms with van der Waals surface area (Å²) in [5, 5.41) is 7.93. The average Bonchev–Trinajstić information content (AvgIpc) is 3.03. The summed E-state index contributed by atoms with van der Waals surface area (Å²) in [6.45, 7) is 9.91. The molecular formula is C15H24N4O. The van der Waals surface area contributed by atoms with Gasteiger partial charge >= 0.3 is 0 Å². The molecule has 5 nitrogen and oxygen atoms in total. The van der Waals surface area contributed by atoms with E-state index >= 15 is 0 Å². The molecule has 110 valence electrons. The molecule has 2 aromatic heterocycles. The summed E-state index contributed by atoms with van der Waals surface area (Å²) < 4.78 is 7.56. The van der Waals surface area contributed by atoms with Gasteiger partial charge in [-0.15, -0.1) is 0 Å². The van der Waals surface area contributed by atoms with Crippen molar-refractivity contribution < 1.29 is 4.42 Å². The van der Waals surface area contributed by atoms with Crippen molar-refractivity contribution >= 4 is 0 Å². The lowest BCUT2D eigenvalue weighted by atomic mass is 10.2. The number of rotatable bonds is 7. The van der Waals surface area contributed by atoms with Gasteiger partial charge in [0.25, 0.3) is 0 Å². The number of aromatic nitrogens is 3. The standard InChI is InChI=1S/C15H24N4O/c1-5-14-17-15(6-2)19(18-14)10-12-7-8-20-13(12)9-16-11(3)4/h7-8,11,16H,5-6,9-10H2,1-4H3. The zero-order chi connectivity index (χ0) is 14.5. The Kier molecular flexibility index (Phi) is 4.95. The minimum absolute atomic E-state index is 0.442. The number of nitrogens with zero attached hydrogens (tertiary/aromatic N) is 3. The molecule has 0 radical (unpaired) electrons. The largest absolute Gasteiger partial charge is 0.468 e. The van der Waals surface area contributed by atoms with Gasteiger partial charge in [0.1, 0.15) is 11.6 Å². The van der Waals surface area contributed by atoms with Crippen LogP contribution in [0.25, 0.3) is 0 Å². The summed E-state index contributed by atoms with van der Waals surface area (Å²) in [6, 6.07) is 2.46. The Balaban J connectivity index is 2.13. The van der Waals surface area contributed by atoms with Crippen molar-refractivity contribution in [1.29, 1.82) is 0 Å². The topological polar surface area (TPSA) is 55.9 Å². The second kappa shape index (κ2) is 6.70. The molecule has 0 aliphatic rings. The number of hydrogen-bond donors (Lipinski definition) is 1. The molecule has 0 bridgehead atoms. The molecule has 2 heterocycles. The molecule has 0 fully saturated rings. The molecule has 0 amide bonds. The van der Waals surface area contributed by atoms with E-state index in [0.717, 1.165) is 43.3 Å². The second-order valence-corrected chi connectivity index (χ2v) is 5.21. The first-order chi connectivity index (χ1) is 9.63. The monoisotopic (exact) mass is 276 g/mol. The zero-order valence-corrected chi connectivity index (χ0v) is 12.8. The van der Waals surface area contributed by atoms with Gasteiger partial charge in [-0.1, -0.05) is 27.7 Å². The van der Waals surface area contributed by atoms with Crippen molar-refractivity contribution in [2.45, 2.75) is 59.7 Å². The molecule has 1 N–H and O–H groups in total. The van der Waals surface area contributed by atoms with E-state index in [2.05, 4.69) is 43.1 Å². The summed E-state index contributed by atoms with van der Waals surface area (Å²) >= 11 is 0. The lowest BCUT2D eigenvalue weighted by molar-refractivity contribution is 0.457. The summed E-state index contributed by atoms with van der Waals surface area (Å²) in [4.78, 5) is 4.54. The first-order valence-electron chi connectivity index (χ1n) is 7.35. The van der Waals surface area contributed by atoms with Crippen LogP contribution in [0.2, 0.25) is 0 Å². The minimum Gasteiger partial charge on any atom is -0.468 e. The fourth-order valence-electron chi connectivity index (χ4n) is 2.09. The second-order valence-electron chi connectivity index (χ2n) is 5.21. The minimum atomic E-state index is 0.442. The smallest absolute Gasteiger partial charge is 0.150 e. The third-order valence-corrected chi connectivity index (χ3v) is 3.25. The Labute approximate surface area is 120 Å². The van der Waals surface area contributed by atoms with E-state index in [4.69, 9.17) is 4.42 Å². The van der Waals surface area contributed by atoms with Crippen LogP contribution >= 0.6 is 0 Å². The Morgan fingerprint density at radius 2 is 2.10 bits per heavy atom. The van der Waals surface area contributed by atoms with Crippen LogP contribution in [0, 0.1) is 0 Å². The van der Waals surface area contributed by atoms with Gasteiger partial charge in [-0.2, -0.15) is 5.10 Å². The molecule has 0 aromatic carbocycles. The molecule has 0 aliphatic heterocycles. The fraction of sp³-hybridized carbons (Fsp3) is 0.600. The lowest BCUT2D eigenvalue weighted by Crippen LogP contribution is -2.22. The predicted octanol–water partition coefficient (Wildman–Crippen LogP) is 2.54. The first kappa shape index (κ1) is 14.8. The van der Waals surface area contributed by atoms with Crippen LogP contribution in [0.15, 0.2) is 16.7 Å². The highest BCUT2D eigenvalue weighted by Crippen LogP contribution is 2.13. The molecule has 20 heavy (non-hydrogen) atoms. The van der Waals surface area contributed by atoms with Gasteiger partial charge in [-0.3, -0.25) is 0 Å². The van der Waals surface area contributed by atoms with E-state index in [0.29, 0.717) is 6.04 Å². The molecule has 0 aliphatic carbocycles. The van der Waals surface area contributed by atoms with E-state index in [9.17, 15) is 0 Å². The Hall–Kier alpha value is -1.62. The maximum atomic E-state index is 5.57. The summed E-state index contributed by atoms with van der Waals surface area (Å²) in [5.41, 5.74) is 1.17. The van der Waals surface area contributed by atoms with E-state index in [-0.39, 0.29) is 0 Å². The van der Waals surface area contributed by atoms with Crippen molar-refractivity contribution in [2.75, 3.05) is 0 Å². The van der Waals surface area contributed by atoms with E-state index in [1.807, 2.05) is 10.7 Å². The summed E-state index contributed by atoms with van der Waals surface area (Å²) in [6.07, 6.45) is 3.51. The van der Waals surface area contributed by atoms with Gasteiger partial charge in [0.2, 0.25) is 0 Å². The predicted molar refractivity (Wildman–Crippen MR) is 78.6 cm³/mol. The zero-order valence-electron chi connectivity index (χ0n) is 12.8. The van der Waals surface area contributed by atoms with Gasteiger partial charge in [0.05, 0.1) is 19.4 Å². The van der Waals surface area contributed by atoms with Crippen molar-refractivity contribution in [3.8, 4) is 0 Å². The van der Waals surface area contributed by atoms with Crippen molar-refractivity contribution in [3.05, 3.63) is 35.3 Å². The van der Waals surface area contributed by atoms with Crippen molar-refractivity contribution in [2.24, 2.45) is 0 Å².